The topological polar surface area (TPSA) is 52.6 Å². The van der Waals surface area contributed by atoms with Crippen LogP contribution in [0.25, 0.3) is 0 Å². The second-order valence-corrected chi connectivity index (χ2v) is 14.6. The molecule has 43 heavy (non-hydrogen) atoms. The zero-order valence-electron chi connectivity index (χ0n) is 25.7. The van der Waals surface area contributed by atoms with Crippen molar-refractivity contribution < 1.29 is 36.0 Å². The average molecular weight is 664 g/mol. The predicted molar refractivity (Wildman–Crippen MR) is 175 cm³/mol. The molecule has 0 atom stereocenters. The number of rotatable bonds is 16. The molecule has 4 rings (SSSR count). The van der Waals surface area contributed by atoms with E-state index in [0.29, 0.717) is 17.6 Å². The Morgan fingerprint density at radius 2 is 0.907 bits per heavy atom. The second kappa shape index (κ2) is 17.3. The van der Waals surface area contributed by atoms with Gasteiger partial charge in [0, 0.05) is 11.1 Å². The van der Waals surface area contributed by atoms with E-state index in [-0.39, 0.29) is 40.1 Å². The molecule has 0 saturated carbocycles. The molecule has 0 amide bonds. The normalized spacial score (nSPS) is 13.7. The van der Waals surface area contributed by atoms with E-state index in [9.17, 15) is 9.59 Å². The molecule has 0 unspecified atom stereocenters. The predicted octanol–water partition coefficient (Wildman–Crippen LogP) is 4.47. The lowest BCUT2D eigenvalue weighted by Gasteiger charge is -2.27. The molecule has 0 N–H and O–H groups in total. The van der Waals surface area contributed by atoms with E-state index in [2.05, 4.69) is 91.0 Å². The fourth-order valence-corrected chi connectivity index (χ4v) is 10.5. The zero-order valence-corrected chi connectivity index (χ0v) is 28.2. The second-order valence-electron chi connectivity index (χ2n) is 10.9. The summed E-state index contributed by atoms with van der Waals surface area (Å²) < 4.78 is 10.3. The Morgan fingerprint density at radius 3 is 1.33 bits per heavy atom. The Labute approximate surface area is 268 Å². The molecule has 3 aromatic rings. The molecule has 1 aliphatic carbocycles. The maximum absolute atomic E-state index is 12.8. The van der Waals surface area contributed by atoms with Crippen LogP contribution in [-0.2, 0) is 19.1 Å². The zero-order chi connectivity index (χ0) is 29.8. The lowest BCUT2D eigenvalue weighted by molar-refractivity contribution is -0.121. The molecule has 3 aromatic carbocycles. The smallest absolute Gasteiger partial charge is 0.228 e. The first-order chi connectivity index (χ1) is 20.5. The number of methoxy groups -OCH3 is 2. The van der Waals surface area contributed by atoms with Gasteiger partial charge in [0.2, 0.25) is 23.1 Å². The van der Waals surface area contributed by atoms with Crippen molar-refractivity contribution in [1.29, 1.82) is 0 Å². The average Bonchev–Trinajstić information content (AvgIpc) is 3.04. The molecule has 6 heteroatoms. The fourth-order valence-electron chi connectivity index (χ4n) is 6.09. The van der Waals surface area contributed by atoms with Crippen LogP contribution in [-0.4, -0.2) is 31.9 Å². The molecule has 1 aliphatic rings. The molecule has 0 saturated heterocycles. The van der Waals surface area contributed by atoms with E-state index < -0.39 is 7.26 Å². The van der Waals surface area contributed by atoms with Crippen molar-refractivity contribution in [3.63, 3.8) is 0 Å². The van der Waals surface area contributed by atoms with Gasteiger partial charge in [0.15, 0.2) is 0 Å². The number of halogens is 1. The highest BCUT2D eigenvalue weighted by Gasteiger charge is 2.44. The van der Waals surface area contributed by atoms with Crippen LogP contribution in [0.1, 0.15) is 64.7 Å². The monoisotopic (exact) mass is 662 g/mol. The van der Waals surface area contributed by atoms with Gasteiger partial charge < -0.3 is 26.5 Å². The summed E-state index contributed by atoms with van der Waals surface area (Å²) in [7, 11) is 1.06. The molecule has 228 valence electrons. The van der Waals surface area contributed by atoms with Gasteiger partial charge in [-0.25, -0.2) is 0 Å². The maximum Gasteiger partial charge on any atom is 0.228 e. The highest BCUT2D eigenvalue weighted by Crippen LogP contribution is 2.56. The standard InChI is InChI=1S/C37H44O4P.BrH/c1-29-33(35(39)37(41-3)36(40-2)34(29)38)27-19-8-6-4-5-7-9-20-28-42(30-21-13-10-14-22-30,31-23-15-11-16-24-31)32-25-17-12-18-26-32;/h10-18,21-26H,4-9,19-20,27-28H2,1-3H3;1H/q+1;/p-1. The first-order valence-electron chi connectivity index (χ1n) is 15.2. The van der Waals surface area contributed by atoms with Crippen LogP contribution >= 0.6 is 7.26 Å². The van der Waals surface area contributed by atoms with Gasteiger partial charge in [0.25, 0.3) is 0 Å². The SMILES string of the molecule is COC1=C(OC)C(=O)C(CCCCCCCCCC[P+](c2ccccc2)(c2ccccc2)c2ccccc2)=C(C)C1=O.[Br-]. The van der Waals surface area contributed by atoms with Crippen LogP contribution in [0.5, 0.6) is 0 Å². The molecule has 0 spiro atoms. The number of carbonyl (C=O) groups is 2. The van der Waals surface area contributed by atoms with Crippen LogP contribution in [0.2, 0.25) is 0 Å². The molecule has 0 aromatic heterocycles. The van der Waals surface area contributed by atoms with Gasteiger partial charge in [0.05, 0.1) is 20.4 Å². The third kappa shape index (κ3) is 8.13. The fraction of sp³-hybridized carbons (Fsp3) is 0.351. The summed E-state index contributed by atoms with van der Waals surface area (Å²) in [4.78, 5) is 25.4. The summed E-state index contributed by atoms with van der Waals surface area (Å²) in [5, 5.41) is 4.37. The highest BCUT2D eigenvalue weighted by atomic mass is 79.9. The van der Waals surface area contributed by atoms with Crippen molar-refractivity contribution in [2.75, 3.05) is 20.4 Å². The number of allylic oxidation sites excluding steroid dienone is 2. The van der Waals surface area contributed by atoms with Crippen LogP contribution in [0.15, 0.2) is 114 Å². The van der Waals surface area contributed by atoms with Gasteiger partial charge >= 0.3 is 0 Å². The molecule has 0 radical (unpaired) electrons. The number of Topliss-reactive ketones (excluding diaryl/α,β-unsaturated/α-hetero) is 2. The summed E-state index contributed by atoms with van der Waals surface area (Å²) in [6.07, 6.45) is 10.9. The summed E-state index contributed by atoms with van der Waals surface area (Å²) in [5.41, 5.74) is 1.05. The number of hydrogen-bond donors (Lipinski definition) is 0. The Balaban J connectivity index is 0.00000506. The molecular weight excluding hydrogens is 619 g/mol. The Morgan fingerprint density at radius 1 is 0.535 bits per heavy atom. The molecule has 0 fully saturated rings. The number of ketones is 2. The lowest BCUT2D eigenvalue weighted by Crippen LogP contribution is -3.00. The van der Waals surface area contributed by atoms with E-state index >= 15 is 0 Å². The van der Waals surface area contributed by atoms with E-state index in [4.69, 9.17) is 9.47 Å². The summed E-state index contributed by atoms with van der Waals surface area (Å²) >= 11 is 0. The van der Waals surface area contributed by atoms with Crippen LogP contribution < -0.4 is 32.9 Å². The minimum absolute atomic E-state index is 0. The minimum Gasteiger partial charge on any atom is -1.00 e. The summed E-state index contributed by atoms with van der Waals surface area (Å²) in [6, 6.07) is 33.4. The first kappa shape index (κ1) is 34.5. The third-order valence-corrected chi connectivity index (χ3v) is 12.9. The van der Waals surface area contributed by atoms with E-state index in [1.54, 1.807) is 6.92 Å². The number of carbonyl (C=O) groups excluding carboxylic acids is 2. The molecule has 0 bridgehead atoms. The van der Waals surface area contributed by atoms with Gasteiger partial charge in [-0.15, -0.1) is 0 Å². The number of hydrogen-bond acceptors (Lipinski definition) is 4. The van der Waals surface area contributed by atoms with Gasteiger partial charge in [-0.2, -0.15) is 0 Å². The van der Waals surface area contributed by atoms with Gasteiger partial charge in [-0.05, 0) is 69.0 Å². The Bertz CT molecular complexity index is 1290. The molecule has 0 heterocycles. The van der Waals surface area contributed by atoms with Gasteiger partial charge in [-0.3, -0.25) is 9.59 Å². The molecule has 4 nitrogen and oxygen atoms in total. The largest absolute Gasteiger partial charge is 1.00 e. The van der Waals surface area contributed by atoms with Gasteiger partial charge in [-0.1, -0.05) is 86.7 Å². The summed E-state index contributed by atoms with van der Waals surface area (Å²) in [5.74, 6) is -0.421. The highest BCUT2D eigenvalue weighted by molar-refractivity contribution is 7.95. The minimum atomic E-state index is -1.74. The Kier molecular flexibility index (Phi) is 13.9. The van der Waals surface area contributed by atoms with E-state index in [1.165, 1.54) is 68.4 Å². The summed E-state index contributed by atoms with van der Waals surface area (Å²) in [6.45, 7) is 1.71. The maximum atomic E-state index is 12.8. The van der Waals surface area contributed by atoms with Crippen molar-refractivity contribution in [2.24, 2.45) is 0 Å². The van der Waals surface area contributed by atoms with Gasteiger partial charge in [0.1, 0.15) is 23.2 Å². The quantitative estimate of drug-likeness (QED) is 0.129. The Hall–Kier alpha value is -3.01. The van der Waals surface area contributed by atoms with Crippen LogP contribution in [0, 0.1) is 0 Å². The molecule has 0 aliphatic heterocycles. The lowest BCUT2D eigenvalue weighted by atomic mass is 9.89. The van der Waals surface area contributed by atoms with Crippen molar-refractivity contribution >= 4 is 34.7 Å². The first-order valence-corrected chi connectivity index (χ1v) is 17.2. The van der Waals surface area contributed by atoms with Crippen molar-refractivity contribution in [2.45, 2.75) is 64.7 Å². The van der Waals surface area contributed by atoms with Crippen LogP contribution in [0.4, 0.5) is 0 Å². The number of benzene rings is 3. The van der Waals surface area contributed by atoms with Crippen molar-refractivity contribution in [1.82, 2.24) is 0 Å². The third-order valence-electron chi connectivity index (χ3n) is 8.36. The van der Waals surface area contributed by atoms with Crippen molar-refractivity contribution in [3.8, 4) is 0 Å². The molecular formula is C37H44BrO4P. The van der Waals surface area contributed by atoms with E-state index in [0.717, 1.165) is 19.3 Å². The van der Waals surface area contributed by atoms with Crippen LogP contribution in [0.3, 0.4) is 0 Å². The number of ether oxygens (including phenoxy) is 2. The number of unbranched alkanes of at least 4 members (excludes halogenated alkanes) is 7. The van der Waals surface area contributed by atoms with Crippen molar-refractivity contribution in [3.05, 3.63) is 114 Å². The van der Waals surface area contributed by atoms with E-state index in [1.807, 2.05) is 0 Å².